The third kappa shape index (κ3) is 4.27. The minimum Gasteiger partial charge on any atom is -0.367 e. The molecule has 1 unspecified atom stereocenters. The highest BCUT2D eigenvalue weighted by molar-refractivity contribution is 6.28. The van der Waals surface area contributed by atoms with E-state index in [2.05, 4.69) is 68.8 Å². The van der Waals surface area contributed by atoms with Gasteiger partial charge in [0, 0.05) is 19.1 Å². The molecule has 0 amide bonds. The van der Waals surface area contributed by atoms with E-state index >= 15 is 0 Å². The number of imidazole rings is 1. The van der Waals surface area contributed by atoms with Gasteiger partial charge in [-0.25, -0.2) is 4.98 Å². The molecule has 0 aliphatic carbocycles. The Bertz CT molecular complexity index is 1100. The predicted octanol–water partition coefficient (Wildman–Crippen LogP) is 5.42. The molecular weight excluding hydrogens is 410 g/mol. The first-order chi connectivity index (χ1) is 15.3. The lowest BCUT2D eigenvalue weighted by Crippen LogP contribution is -2.18. The first-order valence-corrected chi connectivity index (χ1v) is 11.0. The van der Waals surface area contributed by atoms with Crippen LogP contribution in [0.5, 0.6) is 0 Å². The average Bonchev–Trinajstić information content (AvgIpc) is 3.25. The third-order valence-electron chi connectivity index (χ3n) is 5.74. The summed E-state index contributed by atoms with van der Waals surface area (Å²) in [6, 6.07) is 20.9. The van der Waals surface area contributed by atoms with Crippen LogP contribution in [-0.2, 0) is 4.74 Å². The van der Waals surface area contributed by atoms with Crippen LogP contribution in [0.3, 0.4) is 0 Å². The lowest BCUT2D eigenvalue weighted by atomic mass is 9.91. The highest BCUT2D eigenvalue weighted by Crippen LogP contribution is 2.30. The molecule has 7 heteroatoms. The van der Waals surface area contributed by atoms with Gasteiger partial charge in [0.05, 0.1) is 6.33 Å². The van der Waals surface area contributed by atoms with Gasteiger partial charge in [0.25, 0.3) is 0 Å². The Morgan fingerprint density at radius 2 is 1.71 bits per heavy atom. The number of nitrogens with one attached hydrogen (secondary N) is 1. The zero-order chi connectivity index (χ0) is 21.0. The van der Waals surface area contributed by atoms with Crippen molar-refractivity contribution in [3.8, 4) is 0 Å². The zero-order valence-corrected chi connectivity index (χ0v) is 17.9. The van der Waals surface area contributed by atoms with Crippen LogP contribution in [0.1, 0.15) is 42.5 Å². The second-order valence-electron chi connectivity index (χ2n) is 7.74. The van der Waals surface area contributed by atoms with Crippen molar-refractivity contribution < 1.29 is 4.74 Å². The van der Waals surface area contributed by atoms with Gasteiger partial charge in [-0.1, -0.05) is 60.7 Å². The van der Waals surface area contributed by atoms with Gasteiger partial charge in [-0.15, -0.1) is 0 Å². The van der Waals surface area contributed by atoms with E-state index < -0.39 is 0 Å². The monoisotopic (exact) mass is 433 g/mol. The molecule has 158 valence electrons. The van der Waals surface area contributed by atoms with Gasteiger partial charge in [0.1, 0.15) is 6.23 Å². The van der Waals surface area contributed by atoms with Crippen LogP contribution in [-0.4, -0.2) is 32.7 Å². The number of halogens is 1. The first-order valence-electron chi connectivity index (χ1n) is 10.6. The third-order valence-corrected chi connectivity index (χ3v) is 5.91. The molecule has 1 saturated heterocycles. The van der Waals surface area contributed by atoms with Gasteiger partial charge >= 0.3 is 0 Å². The summed E-state index contributed by atoms with van der Waals surface area (Å²) in [5.74, 6) is 0.802. The van der Waals surface area contributed by atoms with Crippen LogP contribution in [0, 0.1) is 0 Å². The molecule has 31 heavy (non-hydrogen) atoms. The maximum atomic E-state index is 6.30. The second-order valence-corrected chi connectivity index (χ2v) is 8.08. The fourth-order valence-corrected chi connectivity index (χ4v) is 4.33. The normalized spacial score (nSPS) is 16.6. The van der Waals surface area contributed by atoms with E-state index in [1.807, 2.05) is 16.7 Å². The molecule has 4 aromatic rings. The number of hydrogen-bond acceptors (Lipinski definition) is 5. The Kier molecular flexibility index (Phi) is 5.82. The van der Waals surface area contributed by atoms with Gasteiger partial charge in [-0.2, -0.15) is 9.97 Å². The Morgan fingerprint density at radius 3 is 2.35 bits per heavy atom. The summed E-state index contributed by atoms with van der Waals surface area (Å²) in [5, 5.41) is 3.69. The minimum absolute atomic E-state index is 0.0565. The SMILES string of the molecule is Clc1nc(NCC(c2ccccc2)c2ccccc2)c2ncn(C3CCCCO3)c2n1. The fourth-order valence-electron chi connectivity index (χ4n) is 4.16. The maximum Gasteiger partial charge on any atom is 0.226 e. The molecule has 5 rings (SSSR count). The lowest BCUT2D eigenvalue weighted by molar-refractivity contribution is -0.0298. The predicted molar refractivity (Wildman–Crippen MR) is 122 cm³/mol. The molecule has 1 N–H and O–H groups in total. The van der Waals surface area contributed by atoms with E-state index in [4.69, 9.17) is 16.3 Å². The van der Waals surface area contributed by atoms with Crippen molar-refractivity contribution >= 4 is 28.6 Å². The molecule has 2 aromatic carbocycles. The molecule has 1 aliphatic rings. The maximum absolute atomic E-state index is 6.30. The molecule has 3 heterocycles. The standard InChI is InChI=1S/C24H24ClN5O/c25-24-28-22(21-23(29-24)30(16-27-21)20-13-7-8-14-31-20)26-15-19(17-9-3-1-4-10-17)18-11-5-2-6-12-18/h1-6,9-12,16,19-20H,7-8,13-15H2,(H,26,28,29). The average molecular weight is 434 g/mol. The second kappa shape index (κ2) is 9.04. The van der Waals surface area contributed by atoms with Crippen LogP contribution in [0.25, 0.3) is 11.2 Å². The number of nitrogens with zero attached hydrogens (tertiary/aromatic N) is 4. The number of rotatable bonds is 6. The summed E-state index contributed by atoms with van der Waals surface area (Å²) in [7, 11) is 0. The summed E-state index contributed by atoms with van der Waals surface area (Å²) in [6.45, 7) is 1.41. The Balaban J connectivity index is 1.46. The van der Waals surface area contributed by atoms with E-state index in [1.54, 1.807) is 6.33 Å². The van der Waals surface area contributed by atoms with Crippen molar-refractivity contribution in [3.05, 3.63) is 83.4 Å². The van der Waals surface area contributed by atoms with Crippen molar-refractivity contribution in [2.45, 2.75) is 31.4 Å². The molecule has 0 saturated carbocycles. The van der Waals surface area contributed by atoms with Gasteiger partial charge in [-0.3, -0.25) is 4.57 Å². The number of anilines is 1. The summed E-state index contributed by atoms with van der Waals surface area (Å²) in [6.07, 6.45) is 4.89. The molecule has 0 bridgehead atoms. The quantitative estimate of drug-likeness (QED) is 0.411. The Morgan fingerprint density at radius 1 is 1.00 bits per heavy atom. The highest BCUT2D eigenvalue weighted by Gasteiger charge is 2.22. The van der Waals surface area contributed by atoms with Crippen molar-refractivity contribution in [1.82, 2.24) is 19.5 Å². The topological polar surface area (TPSA) is 64.9 Å². The van der Waals surface area contributed by atoms with Gasteiger partial charge in [0.2, 0.25) is 5.28 Å². The number of fused-ring (bicyclic) bond motifs is 1. The van der Waals surface area contributed by atoms with E-state index in [9.17, 15) is 0 Å². The van der Waals surface area contributed by atoms with E-state index in [1.165, 1.54) is 11.1 Å². The molecule has 1 aliphatic heterocycles. The summed E-state index contributed by atoms with van der Waals surface area (Å²) < 4.78 is 7.89. The van der Waals surface area contributed by atoms with Gasteiger partial charge in [-0.05, 0) is 42.0 Å². The fraction of sp³-hybridized carbons (Fsp3) is 0.292. The van der Waals surface area contributed by atoms with E-state index in [-0.39, 0.29) is 17.4 Å². The molecule has 6 nitrogen and oxygen atoms in total. The van der Waals surface area contributed by atoms with Crippen LogP contribution in [0.2, 0.25) is 5.28 Å². The highest BCUT2D eigenvalue weighted by atomic mass is 35.5. The molecule has 0 spiro atoms. The summed E-state index contributed by atoms with van der Waals surface area (Å²) in [5.41, 5.74) is 3.88. The van der Waals surface area contributed by atoms with Gasteiger partial charge < -0.3 is 10.1 Å². The Labute approximate surface area is 186 Å². The number of benzene rings is 2. The zero-order valence-electron chi connectivity index (χ0n) is 17.1. The van der Waals surface area contributed by atoms with Crippen molar-refractivity contribution in [2.75, 3.05) is 18.5 Å². The van der Waals surface area contributed by atoms with Crippen molar-refractivity contribution in [1.29, 1.82) is 0 Å². The van der Waals surface area contributed by atoms with E-state index in [0.717, 1.165) is 25.9 Å². The van der Waals surface area contributed by atoms with Crippen LogP contribution < -0.4 is 5.32 Å². The molecule has 2 aromatic heterocycles. The molecular formula is C24H24ClN5O. The van der Waals surface area contributed by atoms with Crippen LogP contribution in [0.15, 0.2) is 67.0 Å². The first kappa shape index (κ1) is 20.0. The smallest absolute Gasteiger partial charge is 0.226 e. The van der Waals surface area contributed by atoms with Gasteiger partial charge in [0.15, 0.2) is 17.0 Å². The van der Waals surface area contributed by atoms with Crippen LogP contribution >= 0.6 is 11.6 Å². The minimum atomic E-state index is -0.0565. The summed E-state index contributed by atoms with van der Waals surface area (Å²) >= 11 is 6.30. The Hall–Kier alpha value is -2.96. The molecule has 1 atom stereocenters. The number of ether oxygens (including phenoxy) is 1. The number of aromatic nitrogens is 4. The van der Waals surface area contributed by atoms with E-state index in [0.29, 0.717) is 23.5 Å². The largest absolute Gasteiger partial charge is 0.367 e. The van der Waals surface area contributed by atoms with Crippen molar-refractivity contribution in [2.24, 2.45) is 0 Å². The molecule has 0 radical (unpaired) electrons. The van der Waals surface area contributed by atoms with Crippen LogP contribution in [0.4, 0.5) is 5.82 Å². The molecule has 1 fully saturated rings. The summed E-state index contributed by atoms with van der Waals surface area (Å²) in [4.78, 5) is 13.5. The lowest BCUT2D eigenvalue weighted by Gasteiger charge is -2.23. The number of hydrogen-bond donors (Lipinski definition) is 1. The van der Waals surface area contributed by atoms with Crippen molar-refractivity contribution in [3.63, 3.8) is 0 Å².